The molecule has 0 aliphatic carbocycles. The fourth-order valence-electron chi connectivity index (χ4n) is 1.48. The lowest BCUT2D eigenvalue weighted by Crippen LogP contribution is -2.04. The van der Waals surface area contributed by atoms with Gasteiger partial charge in [0, 0.05) is 6.07 Å². The molecular weight excluding hydrogens is 296 g/mol. The lowest BCUT2D eigenvalue weighted by atomic mass is 10.2. The molecule has 1 aromatic carbocycles. The van der Waals surface area contributed by atoms with E-state index >= 15 is 0 Å². The van der Waals surface area contributed by atoms with E-state index in [0.29, 0.717) is 0 Å². The normalized spacial score (nSPS) is 10.5. The first-order chi connectivity index (χ1) is 9.81. The fourth-order valence-corrected chi connectivity index (χ4v) is 1.48. The molecule has 2 rings (SSSR count). The highest BCUT2D eigenvalue weighted by atomic mass is 19.2. The van der Waals surface area contributed by atoms with E-state index < -0.39 is 39.9 Å². The molecule has 0 N–H and O–H groups in total. The lowest BCUT2D eigenvalue weighted by Gasteiger charge is -2.10. The predicted octanol–water partition coefficient (Wildman–Crippen LogP) is 3.65. The largest absolute Gasteiger partial charge is 0.450 e. The summed E-state index contributed by atoms with van der Waals surface area (Å²) >= 11 is 0. The Morgan fingerprint density at radius 2 is 1.71 bits per heavy atom. The quantitative estimate of drug-likeness (QED) is 0.376. The molecule has 0 unspecified atom stereocenters. The highest BCUT2D eigenvalue weighted by Gasteiger charge is 2.24. The molecule has 1 heterocycles. The van der Waals surface area contributed by atoms with Gasteiger partial charge in [-0.1, -0.05) is 0 Å². The van der Waals surface area contributed by atoms with Gasteiger partial charge in [0.15, 0.2) is 0 Å². The summed E-state index contributed by atoms with van der Waals surface area (Å²) in [5.74, 6) is -9.10. The van der Waals surface area contributed by atoms with Gasteiger partial charge < -0.3 is 4.74 Å². The first kappa shape index (κ1) is 14.7. The van der Waals surface area contributed by atoms with E-state index in [0.717, 1.165) is 12.1 Å². The van der Waals surface area contributed by atoms with Crippen molar-refractivity contribution < 1.29 is 27.2 Å². The minimum Gasteiger partial charge on any atom is -0.450 e. The van der Waals surface area contributed by atoms with Gasteiger partial charge in [0.05, 0.1) is 11.0 Å². The van der Waals surface area contributed by atoms with Crippen LogP contribution in [0.4, 0.5) is 23.2 Å². The van der Waals surface area contributed by atoms with Crippen molar-refractivity contribution in [1.29, 1.82) is 0 Å². The van der Waals surface area contributed by atoms with Gasteiger partial charge in [0.25, 0.3) is 17.6 Å². The van der Waals surface area contributed by atoms with E-state index in [1.807, 2.05) is 0 Å². The predicted molar refractivity (Wildman–Crippen MR) is 62.0 cm³/mol. The Bertz CT molecular complexity index is 711. The number of hydrogen-bond acceptors (Lipinski definition) is 4. The van der Waals surface area contributed by atoms with Crippen molar-refractivity contribution in [3.8, 4) is 11.5 Å². The average molecular weight is 302 g/mol. The number of nitrogens with zero attached hydrogens (tertiary/aromatic N) is 2. The number of aromatic nitrogens is 1. The molecule has 21 heavy (non-hydrogen) atoms. The number of benzene rings is 1. The molecule has 9 heteroatoms. The highest BCUT2D eigenvalue weighted by Crippen LogP contribution is 2.33. The number of aryl methyl sites for hydroxylation is 1. The number of nitro benzene ring substituents is 1. The Morgan fingerprint density at radius 3 is 2.24 bits per heavy atom. The van der Waals surface area contributed by atoms with E-state index in [9.17, 15) is 27.7 Å². The van der Waals surface area contributed by atoms with Crippen LogP contribution < -0.4 is 4.74 Å². The maximum atomic E-state index is 13.4. The first-order valence-corrected chi connectivity index (χ1v) is 5.44. The monoisotopic (exact) mass is 302 g/mol. The Kier molecular flexibility index (Phi) is 3.74. The third-order valence-electron chi connectivity index (χ3n) is 2.55. The molecule has 0 saturated heterocycles. The molecule has 2 aromatic rings. The van der Waals surface area contributed by atoms with Crippen molar-refractivity contribution in [1.82, 2.24) is 4.98 Å². The maximum absolute atomic E-state index is 13.4. The van der Waals surface area contributed by atoms with E-state index in [2.05, 4.69) is 4.98 Å². The standard InChI is InChI=1S/C12H6F4N2O3/c1-5-2-3-6(18(19)20)4-7(5)21-10-8(13)11(15)17-12(16)9(10)14/h2-4H,1H3. The number of hydrogen-bond donors (Lipinski definition) is 0. The number of pyridine rings is 1. The van der Waals surface area contributed by atoms with Gasteiger partial charge >= 0.3 is 0 Å². The molecule has 0 aliphatic heterocycles. The van der Waals surface area contributed by atoms with Crippen LogP contribution in [-0.4, -0.2) is 9.91 Å². The summed E-state index contributed by atoms with van der Waals surface area (Å²) in [4.78, 5) is 12.2. The van der Waals surface area contributed by atoms with Crippen LogP contribution in [0.25, 0.3) is 0 Å². The highest BCUT2D eigenvalue weighted by molar-refractivity contribution is 5.46. The van der Waals surface area contributed by atoms with Gasteiger partial charge in [-0.15, -0.1) is 0 Å². The van der Waals surface area contributed by atoms with Gasteiger partial charge in [0.1, 0.15) is 5.75 Å². The van der Waals surface area contributed by atoms with Crippen LogP contribution >= 0.6 is 0 Å². The molecule has 110 valence electrons. The zero-order valence-electron chi connectivity index (χ0n) is 10.4. The summed E-state index contributed by atoms with van der Waals surface area (Å²) in [5, 5.41) is 10.6. The zero-order valence-corrected chi connectivity index (χ0v) is 10.4. The molecule has 0 radical (unpaired) electrons. The molecule has 1 aromatic heterocycles. The van der Waals surface area contributed by atoms with Gasteiger partial charge in [-0.25, -0.2) is 0 Å². The van der Waals surface area contributed by atoms with Crippen molar-refractivity contribution in [2.75, 3.05) is 0 Å². The summed E-state index contributed by atoms with van der Waals surface area (Å²) < 4.78 is 57.5. The maximum Gasteiger partial charge on any atom is 0.273 e. The molecule has 0 atom stereocenters. The van der Waals surface area contributed by atoms with Gasteiger partial charge in [-0.05, 0) is 18.6 Å². The smallest absolute Gasteiger partial charge is 0.273 e. The van der Waals surface area contributed by atoms with Crippen LogP contribution in [0.3, 0.4) is 0 Å². The third kappa shape index (κ3) is 2.76. The van der Waals surface area contributed by atoms with Crippen molar-refractivity contribution >= 4 is 5.69 Å². The third-order valence-corrected chi connectivity index (χ3v) is 2.55. The molecule has 0 amide bonds. The van der Waals surface area contributed by atoms with Crippen LogP contribution in [0.2, 0.25) is 0 Å². The molecule has 0 spiro atoms. The van der Waals surface area contributed by atoms with Gasteiger partial charge in [-0.2, -0.15) is 22.5 Å². The first-order valence-electron chi connectivity index (χ1n) is 5.44. The van der Waals surface area contributed by atoms with Crippen molar-refractivity contribution in [3.05, 3.63) is 57.4 Å². The van der Waals surface area contributed by atoms with E-state index in [1.54, 1.807) is 0 Å². The van der Waals surface area contributed by atoms with E-state index in [4.69, 9.17) is 4.74 Å². The minimum absolute atomic E-state index is 0.275. The van der Waals surface area contributed by atoms with Crippen LogP contribution in [0.1, 0.15) is 5.56 Å². The summed E-state index contributed by atoms with van der Waals surface area (Å²) in [7, 11) is 0. The average Bonchev–Trinajstić information content (AvgIpc) is 2.43. The summed E-state index contributed by atoms with van der Waals surface area (Å²) in [6, 6.07) is 3.28. The van der Waals surface area contributed by atoms with Crippen LogP contribution in [0.5, 0.6) is 11.5 Å². The van der Waals surface area contributed by atoms with Crippen LogP contribution in [0, 0.1) is 40.6 Å². The second kappa shape index (κ2) is 5.35. The molecule has 0 aliphatic rings. The minimum atomic E-state index is -1.88. The number of nitro groups is 1. The number of halogens is 4. The fraction of sp³-hybridized carbons (Fsp3) is 0.0833. The topological polar surface area (TPSA) is 65.3 Å². The van der Waals surface area contributed by atoms with Crippen LogP contribution in [-0.2, 0) is 0 Å². The Labute approximate surface area is 115 Å². The molecule has 0 fully saturated rings. The second-order valence-electron chi connectivity index (χ2n) is 3.96. The number of ether oxygens (including phenoxy) is 1. The van der Waals surface area contributed by atoms with Gasteiger partial charge in [-0.3, -0.25) is 10.1 Å². The summed E-state index contributed by atoms with van der Waals surface area (Å²) in [5.41, 5.74) is -0.136. The van der Waals surface area contributed by atoms with E-state index in [-0.39, 0.29) is 11.3 Å². The summed E-state index contributed by atoms with van der Waals surface area (Å²) in [6.45, 7) is 1.43. The Hall–Kier alpha value is -2.71. The Morgan fingerprint density at radius 1 is 1.14 bits per heavy atom. The molecular formula is C12H6F4N2O3. The van der Waals surface area contributed by atoms with Crippen LogP contribution in [0.15, 0.2) is 18.2 Å². The number of non-ortho nitro benzene ring substituents is 1. The summed E-state index contributed by atoms with van der Waals surface area (Å²) in [6.07, 6.45) is 0. The Balaban J connectivity index is 2.53. The second-order valence-corrected chi connectivity index (χ2v) is 3.96. The van der Waals surface area contributed by atoms with Crippen molar-refractivity contribution in [2.24, 2.45) is 0 Å². The zero-order chi connectivity index (χ0) is 15.7. The van der Waals surface area contributed by atoms with Crippen molar-refractivity contribution in [3.63, 3.8) is 0 Å². The van der Waals surface area contributed by atoms with E-state index in [1.165, 1.54) is 13.0 Å². The van der Waals surface area contributed by atoms with Crippen molar-refractivity contribution in [2.45, 2.75) is 6.92 Å². The molecule has 0 saturated carbocycles. The molecule has 0 bridgehead atoms. The lowest BCUT2D eigenvalue weighted by molar-refractivity contribution is -0.384. The SMILES string of the molecule is Cc1ccc([N+](=O)[O-])cc1Oc1c(F)c(F)nc(F)c1F. The number of rotatable bonds is 3. The van der Waals surface area contributed by atoms with Gasteiger partial charge in [0.2, 0.25) is 17.4 Å². The molecule has 5 nitrogen and oxygen atoms in total.